The maximum Gasteiger partial charge on any atom is 0.280 e. The fourth-order valence-corrected chi connectivity index (χ4v) is 4.60. The van der Waals surface area contributed by atoms with Crippen molar-refractivity contribution < 1.29 is 23.9 Å². The maximum absolute atomic E-state index is 12.8. The molecule has 2 aromatic rings. The highest BCUT2D eigenvalue weighted by molar-refractivity contribution is 8.18. The van der Waals surface area contributed by atoms with E-state index in [0.29, 0.717) is 34.7 Å². The Labute approximate surface area is 200 Å². The number of ether oxygens (including phenoxy) is 3. The van der Waals surface area contributed by atoms with Gasteiger partial charge in [-0.3, -0.25) is 19.8 Å². The number of hydrogen-bond acceptors (Lipinski definition) is 9. The number of amides is 1. The van der Waals surface area contributed by atoms with Crippen LogP contribution in [-0.2, 0) is 9.53 Å². The molecule has 0 radical (unpaired) electrons. The van der Waals surface area contributed by atoms with Crippen molar-refractivity contribution in [1.82, 2.24) is 4.90 Å². The third kappa shape index (κ3) is 4.85. The summed E-state index contributed by atoms with van der Waals surface area (Å²) in [5.74, 6) is 0.275. The molecule has 0 atom stereocenters. The summed E-state index contributed by atoms with van der Waals surface area (Å²) in [6.45, 7) is 3.11. The van der Waals surface area contributed by atoms with Crippen LogP contribution in [0.15, 0.2) is 46.3 Å². The lowest BCUT2D eigenvalue weighted by molar-refractivity contribution is -0.385. The van der Waals surface area contributed by atoms with Gasteiger partial charge in [-0.25, -0.2) is 4.99 Å². The van der Waals surface area contributed by atoms with Crippen molar-refractivity contribution in [3.8, 4) is 11.5 Å². The van der Waals surface area contributed by atoms with Gasteiger partial charge in [0.1, 0.15) is 0 Å². The standard InChI is InChI=1S/C23H24N4O6S/c1-25-22(28)21(13-15-12-19(31-2)20(32-3)14-18(15)27(29)30)34-23(25)24-16-4-6-17(7-5-16)26-8-10-33-11-9-26/h4-7,12-14H,8-11H2,1-3H3/b21-13-,24-23?. The van der Waals surface area contributed by atoms with Gasteiger partial charge < -0.3 is 19.1 Å². The first-order chi connectivity index (χ1) is 16.4. The molecule has 0 N–H and O–H groups in total. The first-order valence-electron chi connectivity index (χ1n) is 10.5. The van der Waals surface area contributed by atoms with Gasteiger partial charge in [0.25, 0.3) is 11.6 Å². The van der Waals surface area contributed by atoms with Gasteiger partial charge in [-0.2, -0.15) is 0 Å². The van der Waals surface area contributed by atoms with E-state index in [2.05, 4.69) is 9.89 Å². The molecule has 4 rings (SSSR count). The number of nitrogens with zero attached hydrogens (tertiary/aromatic N) is 4. The molecule has 0 unspecified atom stereocenters. The van der Waals surface area contributed by atoms with Crippen molar-refractivity contribution in [2.45, 2.75) is 0 Å². The van der Waals surface area contributed by atoms with Crippen molar-refractivity contribution in [1.29, 1.82) is 0 Å². The normalized spacial score (nSPS) is 18.6. The molecule has 34 heavy (non-hydrogen) atoms. The molecule has 1 amide bonds. The number of morpholine rings is 1. The van der Waals surface area contributed by atoms with Crippen LogP contribution >= 0.6 is 11.8 Å². The quantitative estimate of drug-likeness (QED) is 0.347. The Kier molecular flexibility index (Phi) is 7.03. The zero-order valence-electron chi connectivity index (χ0n) is 19.0. The van der Waals surface area contributed by atoms with E-state index in [4.69, 9.17) is 14.2 Å². The first kappa shape index (κ1) is 23.6. The van der Waals surface area contributed by atoms with E-state index in [1.54, 1.807) is 7.05 Å². The molecule has 0 bridgehead atoms. The second kappa shape index (κ2) is 10.1. The molecule has 2 aliphatic rings. The van der Waals surface area contributed by atoms with Crippen molar-refractivity contribution >= 4 is 46.0 Å². The van der Waals surface area contributed by atoms with Gasteiger partial charge in [0.05, 0.1) is 54.6 Å². The molecule has 0 aromatic heterocycles. The topological polar surface area (TPSA) is 107 Å². The van der Waals surface area contributed by atoms with Gasteiger partial charge >= 0.3 is 0 Å². The molecular weight excluding hydrogens is 460 g/mol. The van der Waals surface area contributed by atoms with Crippen LogP contribution in [0, 0.1) is 10.1 Å². The van der Waals surface area contributed by atoms with Crippen LogP contribution in [-0.4, -0.2) is 68.5 Å². The lowest BCUT2D eigenvalue weighted by Crippen LogP contribution is -2.36. The number of methoxy groups -OCH3 is 2. The number of likely N-dealkylation sites (N-methyl/N-ethyl adjacent to an activating group) is 1. The van der Waals surface area contributed by atoms with E-state index < -0.39 is 4.92 Å². The monoisotopic (exact) mass is 484 g/mol. The van der Waals surface area contributed by atoms with Gasteiger partial charge in [-0.05, 0) is 48.2 Å². The summed E-state index contributed by atoms with van der Waals surface area (Å²) in [4.78, 5) is 32.5. The van der Waals surface area contributed by atoms with Crippen LogP contribution in [0.5, 0.6) is 11.5 Å². The van der Waals surface area contributed by atoms with E-state index in [1.807, 2.05) is 24.3 Å². The number of amidine groups is 1. The second-order valence-electron chi connectivity index (χ2n) is 7.51. The largest absolute Gasteiger partial charge is 0.493 e. The molecule has 2 saturated heterocycles. The number of aliphatic imine (C=N–C) groups is 1. The molecule has 2 aliphatic heterocycles. The lowest BCUT2D eigenvalue weighted by Gasteiger charge is -2.28. The number of nitro groups is 1. The third-order valence-electron chi connectivity index (χ3n) is 5.47. The number of anilines is 1. The lowest BCUT2D eigenvalue weighted by atomic mass is 10.1. The Bertz CT molecular complexity index is 1160. The number of nitro benzene ring substituents is 1. The van der Waals surface area contributed by atoms with E-state index in [-0.39, 0.29) is 22.9 Å². The van der Waals surface area contributed by atoms with E-state index in [1.165, 1.54) is 37.3 Å². The van der Waals surface area contributed by atoms with Gasteiger partial charge in [0.2, 0.25) is 0 Å². The molecule has 0 spiro atoms. The number of benzene rings is 2. The van der Waals surface area contributed by atoms with Crippen LogP contribution in [0.3, 0.4) is 0 Å². The van der Waals surface area contributed by atoms with Crippen molar-refractivity contribution in [2.75, 3.05) is 52.5 Å². The minimum absolute atomic E-state index is 0.190. The minimum atomic E-state index is -0.521. The molecule has 0 aliphatic carbocycles. The predicted molar refractivity (Wildman–Crippen MR) is 131 cm³/mol. The predicted octanol–water partition coefficient (Wildman–Crippen LogP) is 3.68. The van der Waals surface area contributed by atoms with Gasteiger partial charge in [0.15, 0.2) is 16.7 Å². The zero-order valence-corrected chi connectivity index (χ0v) is 19.8. The van der Waals surface area contributed by atoms with Gasteiger partial charge in [-0.1, -0.05) is 0 Å². The maximum atomic E-state index is 12.8. The van der Waals surface area contributed by atoms with Crippen molar-refractivity contribution in [3.63, 3.8) is 0 Å². The highest BCUT2D eigenvalue weighted by atomic mass is 32.2. The highest BCUT2D eigenvalue weighted by Crippen LogP contribution is 2.39. The molecule has 11 heteroatoms. The fraction of sp³-hybridized carbons (Fsp3) is 0.304. The second-order valence-corrected chi connectivity index (χ2v) is 8.52. The summed E-state index contributed by atoms with van der Waals surface area (Å²) < 4.78 is 15.8. The molecule has 178 valence electrons. The number of rotatable bonds is 6. The Morgan fingerprint density at radius 1 is 1.12 bits per heavy atom. The van der Waals surface area contributed by atoms with Crippen LogP contribution in [0.4, 0.5) is 17.1 Å². The Balaban J connectivity index is 1.60. The summed E-state index contributed by atoms with van der Waals surface area (Å²) in [5.41, 5.74) is 1.85. The number of thioether (sulfide) groups is 1. The minimum Gasteiger partial charge on any atom is -0.493 e. The zero-order chi connectivity index (χ0) is 24.2. The summed E-state index contributed by atoms with van der Waals surface area (Å²) in [6, 6.07) is 10.6. The van der Waals surface area contributed by atoms with Gasteiger partial charge in [-0.15, -0.1) is 0 Å². The molecule has 2 aromatic carbocycles. The molecular formula is C23H24N4O6S. The molecule has 0 saturated carbocycles. The van der Waals surface area contributed by atoms with Crippen LogP contribution in [0.25, 0.3) is 6.08 Å². The summed E-state index contributed by atoms with van der Waals surface area (Å²) in [7, 11) is 4.47. The molecule has 10 nitrogen and oxygen atoms in total. The Morgan fingerprint density at radius 3 is 2.38 bits per heavy atom. The summed E-state index contributed by atoms with van der Waals surface area (Å²) in [6.07, 6.45) is 1.48. The van der Waals surface area contributed by atoms with E-state index >= 15 is 0 Å². The summed E-state index contributed by atoms with van der Waals surface area (Å²) >= 11 is 1.16. The van der Waals surface area contributed by atoms with Gasteiger partial charge in [0, 0.05) is 25.8 Å². The van der Waals surface area contributed by atoms with Crippen LogP contribution in [0.1, 0.15) is 5.56 Å². The number of carbonyl (C=O) groups excluding carboxylic acids is 1. The summed E-state index contributed by atoms with van der Waals surface area (Å²) in [5, 5.41) is 12.1. The Morgan fingerprint density at radius 2 is 1.76 bits per heavy atom. The third-order valence-corrected chi connectivity index (χ3v) is 6.53. The number of hydrogen-bond donors (Lipinski definition) is 0. The number of carbonyl (C=O) groups is 1. The molecule has 2 fully saturated rings. The SMILES string of the molecule is COc1cc(/C=C2\SC(=Nc3ccc(N4CCOCC4)cc3)N(C)C2=O)c([N+](=O)[O-])cc1OC. The van der Waals surface area contributed by atoms with Crippen LogP contribution < -0.4 is 14.4 Å². The fourth-order valence-electron chi connectivity index (χ4n) is 3.62. The van der Waals surface area contributed by atoms with E-state index in [9.17, 15) is 14.9 Å². The average Bonchev–Trinajstić information content (AvgIpc) is 3.12. The smallest absolute Gasteiger partial charge is 0.280 e. The van der Waals surface area contributed by atoms with Crippen molar-refractivity contribution in [3.05, 3.63) is 57.0 Å². The molecule has 2 heterocycles. The highest BCUT2D eigenvalue weighted by Gasteiger charge is 2.31. The van der Waals surface area contributed by atoms with Crippen molar-refractivity contribution in [2.24, 2.45) is 4.99 Å². The van der Waals surface area contributed by atoms with E-state index in [0.717, 1.165) is 30.5 Å². The first-order valence-corrected chi connectivity index (χ1v) is 11.3. The average molecular weight is 485 g/mol. The van der Waals surface area contributed by atoms with Crippen LogP contribution in [0.2, 0.25) is 0 Å². The Hall–Kier alpha value is -3.57.